The highest BCUT2D eigenvalue weighted by molar-refractivity contribution is 5.85. The number of amides is 1. The Morgan fingerprint density at radius 1 is 0.957 bits per heavy atom. The molecule has 0 spiro atoms. The Labute approximate surface area is 143 Å². The van der Waals surface area contributed by atoms with E-state index in [2.05, 4.69) is 9.80 Å². The van der Waals surface area contributed by atoms with Crippen molar-refractivity contribution >= 4 is 24.0 Å². The Hall–Kier alpha value is -1.33. The smallest absolute Gasteiger partial charge is 0.222 e. The number of hydrogen-bond donors (Lipinski definition) is 0. The van der Waals surface area contributed by atoms with Gasteiger partial charge in [-0.1, -0.05) is 0 Å². The van der Waals surface area contributed by atoms with Gasteiger partial charge in [0.1, 0.15) is 5.82 Å². The molecule has 1 aromatic carbocycles. The molecule has 6 heteroatoms. The van der Waals surface area contributed by atoms with Crippen molar-refractivity contribution in [1.82, 2.24) is 9.80 Å². The van der Waals surface area contributed by atoms with E-state index in [9.17, 15) is 9.18 Å². The standard InChI is InChI=1S/C17H24FN3O.ClH/c18-15-4-6-16(7-5-15)20-13-11-19(12-14-20)8-2-10-21-9-1-3-17(21)22;/h4-7H,1-3,8-14H2;1H. The second kappa shape index (κ2) is 8.50. The first kappa shape index (κ1) is 18.0. The number of piperazine rings is 1. The third-order valence-electron chi connectivity index (χ3n) is 4.64. The molecular formula is C17H25ClFN3O. The molecule has 0 radical (unpaired) electrons. The van der Waals surface area contributed by atoms with E-state index in [-0.39, 0.29) is 18.2 Å². The van der Waals surface area contributed by atoms with Crippen LogP contribution < -0.4 is 4.90 Å². The van der Waals surface area contributed by atoms with Gasteiger partial charge in [0.15, 0.2) is 0 Å². The van der Waals surface area contributed by atoms with Gasteiger partial charge in [-0.05, 0) is 43.7 Å². The lowest BCUT2D eigenvalue weighted by molar-refractivity contribution is -0.127. The Morgan fingerprint density at radius 2 is 1.65 bits per heavy atom. The molecule has 2 saturated heterocycles. The summed E-state index contributed by atoms with van der Waals surface area (Å²) >= 11 is 0. The second-order valence-electron chi connectivity index (χ2n) is 6.14. The molecule has 2 aliphatic rings. The Kier molecular flexibility index (Phi) is 6.66. The number of anilines is 1. The molecule has 1 amide bonds. The number of nitrogens with zero attached hydrogens (tertiary/aromatic N) is 3. The van der Waals surface area contributed by atoms with Gasteiger partial charge >= 0.3 is 0 Å². The fourth-order valence-electron chi connectivity index (χ4n) is 3.31. The predicted molar refractivity (Wildman–Crippen MR) is 92.7 cm³/mol. The average Bonchev–Trinajstić information content (AvgIpc) is 2.94. The summed E-state index contributed by atoms with van der Waals surface area (Å²) in [5, 5.41) is 0. The molecule has 2 aliphatic heterocycles. The molecule has 0 aromatic heterocycles. The lowest BCUT2D eigenvalue weighted by atomic mass is 10.2. The molecule has 0 aliphatic carbocycles. The molecule has 0 N–H and O–H groups in total. The van der Waals surface area contributed by atoms with Crippen molar-refractivity contribution in [3.05, 3.63) is 30.1 Å². The largest absolute Gasteiger partial charge is 0.369 e. The van der Waals surface area contributed by atoms with E-state index in [1.54, 1.807) is 0 Å². The van der Waals surface area contributed by atoms with Crippen LogP contribution in [0.1, 0.15) is 19.3 Å². The van der Waals surface area contributed by atoms with Crippen molar-refractivity contribution in [2.75, 3.05) is 50.7 Å². The van der Waals surface area contributed by atoms with E-state index in [4.69, 9.17) is 0 Å². The van der Waals surface area contributed by atoms with Crippen molar-refractivity contribution in [1.29, 1.82) is 0 Å². The third kappa shape index (κ3) is 4.82. The van der Waals surface area contributed by atoms with Crippen LogP contribution >= 0.6 is 12.4 Å². The van der Waals surface area contributed by atoms with E-state index in [1.165, 1.54) is 12.1 Å². The monoisotopic (exact) mass is 341 g/mol. The minimum Gasteiger partial charge on any atom is -0.369 e. The number of halogens is 2. The number of carbonyl (C=O) groups is 1. The minimum atomic E-state index is -0.182. The molecule has 0 atom stereocenters. The molecule has 1 aromatic rings. The van der Waals surface area contributed by atoms with E-state index in [1.807, 2.05) is 17.0 Å². The quantitative estimate of drug-likeness (QED) is 0.822. The number of rotatable bonds is 5. The molecule has 23 heavy (non-hydrogen) atoms. The van der Waals surface area contributed by atoms with Crippen LogP contribution in [0.5, 0.6) is 0 Å². The van der Waals surface area contributed by atoms with E-state index in [0.29, 0.717) is 5.91 Å². The molecule has 0 unspecified atom stereocenters. The second-order valence-corrected chi connectivity index (χ2v) is 6.14. The van der Waals surface area contributed by atoms with Gasteiger partial charge in [-0.25, -0.2) is 4.39 Å². The maximum atomic E-state index is 13.0. The molecule has 2 fully saturated rings. The molecule has 3 rings (SSSR count). The lowest BCUT2D eigenvalue weighted by Gasteiger charge is -2.36. The fraction of sp³-hybridized carbons (Fsp3) is 0.588. The zero-order chi connectivity index (χ0) is 15.4. The van der Waals surface area contributed by atoms with Crippen LogP contribution in [0.2, 0.25) is 0 Å². The summed E-state index contributed by atoms with van der Waals surface area (Å²) in [5.41, 5.74) is 1.10. The molecule has 4 nitrogen and oxygen atoms in total. The van der Waals surface area contributed by atoms with Gasteiger partial charge in [0, 0.05) is 51.4 Å². The molecule has 2 heterocycles. The van der Waals surface area contributed by atoms with Crippen molar-refractivity contribution in [3.63, 3.8) is 0 Å². The van der Waals surface area contributed by atoms with E-state index < -0.39 is 0 Å². The zero-order valence-corrected chi connectivity index (χ0v) is 14.2. The fourth-order valence-corrected chi connectivity index (χ4v) is 3.31. The van der Waals surface area contributed by atoms with Gasteiger partial charge in [-0.3, -0.25) is 9.69 Å². The summed E-state index contributed by atoms with van der Waals surface area (Å²) in [5.74, 6) is 0.139. The summed E-state index contributed by atoms with van der Waals surface area (Å²) in [6.45, 7) is 6.93. The summed E-state index contributed by atoms with van der Waals surface area (Å²) < 4.78 is 13.0. The Balaban J connectivity index is 0.00000192. The van der Waals surface area contributed by atoms with Crippen LogP contribution in [0.25, 0.3) is 0 Å². The van der Waals surface area contributed by atoms with Crippen molar-refractivity contribution in [2.24, 2.45) is 0 Å². The van der Waals surface area contributed by atoms with Crippen molar-refractivity contribution in [3.8, 4) is 0 Å². The first-order valence-corrected chi connectivity index (χ1v) is 8.23. The first-order chi connectivity index (χ1) is 10.7. The predicted octanol–water partition coefficient (Wildman–Crippen LogP) is 2.38. The minimum absolute atomic E-state index is 0. The van der Waals surface area contributed by atoms with Gasteiger partial charge in [0.2, 0.25) is 5.91 Å². The van der Waals surface area contributed by atoms with Crippen LogP contribution in [-0.4, -0.2) is 61.5 Å². The lowest BCUT2D eigenvalue weighted by Crippen LogP contribution is -2.47. The van der Waals surface area contributed by atoms with Crippen molar-refractivity contribution < 1.29 is 9.18 Å². The SMILES string of the molecule is Cl.O=C1CCCN1CCCN1CCN(c2ccc(F)cc2)CC1. The van der Waals surface area contributed by atoms with E-state index >= 15 is 0 Å². The van der Waals surface area contributed by atoms with Gasteiger partial charge in [-0.2, -0.15) is 0 Å². The highest BCUT2D eigenvalue weighted by Crippen LogP contribution is 2.17. The van der Waals surface area contributed by atoms with Gasteiger partial charge in [-0.15, -0.1) is 12.4 Å². The van der Waals surface area contributed by atoms with Gasteiger partial charge in [0.05, 0.1) is 0 Å². The Bertz CT molecular complexity index is 503. The topological polar surface area (TPSA) is 26.8 Å². The van der Waals surface area contributed by atoms with Gasteiger partial charge in [0.25, 0.3) is 0 Å². The summed E-state index contributed by atoms with van der Waals surface area (Å²) in [7, 11) is 0. The highest BCUT2D eigenvalue weighted by Gasteiger charge is 2.21. The van der Waals surface area contributed by atoms with E-state index in [0.717, 1.165) is 70.8 Å². The third-order valence-corrected chi connectivity index (χ3v) is 4.64. The normalized spacial score (nSPS) is 19.1. The number of likely N-dealkylation sites (tertiary alicyclic amines) is 1. The van der Waals surface area contributed by atoms with Crippen LogP contribution in [-0.2, 0) is 4.79 Å². The summed E-state index contributed by atoms with van der Waals surface area (Å²) in [4.78, 5) is 18.3. The Morgan fingerprint density at radius 3 is 2.26 bits per heavy atom. The zero-order valence-electron chi connectivity index (χ0n) is 13.4. The number of carbonyl (C=O) groups excluding carboxylic acids is 1. The molecule has 0 saturated carbocycles. The summed E-state index contributed by atoms with van der Waals surface area (Å²) in [6, 6.07) is 6.75. The maximum absolute atomic E-state index is 13.0. The van der Waals surface area contributed by atoms with Crippen molar-refractivity contribution in [2.45, 2.75) is 19.3 Å². The molecule has 0 bridgehead atoms. The average molecular weight is 342 g/mol. The number of benzene rings is 1. The molecular weight excluding hydrogens is 317 g/mol. The molecule has 128 valence electrons. The highest BCUT2D eigenvalue weighted by atomic mass is 35.5. The van der Waals surface area contributed by atoms with Crippen LogP contribution in [0.4, 0.5) is 10.1 Å². The van der Waals surface area contributed by atoms with Crippen LogP contribution in [0.3, 0.4) is 0 Å². The first-order valence-electron chi connectivity index (χ1n) is 8.23. The summed E-state index contributed by atoms with van der Waals surface area (Å²) in [6.07, 6.45) is 2.81. The van der Waals surface area contributed by atoms with Crippen LogP contribution in [0.15, 0.2) is 24.3 Å². The number of hydrogen-bond acceptors (Lipinski definition) is 3. The maximum Gasteiger partial charge on any atom is 0.222 e. The van der Waals surface area contributed by atoms with Gasteiger partial charge < -0.3 is 9.80 Å². The van der Waals surface area contributed by atoms with Crippen LogP contribution in [0, 0.1) is 5.82 Å².